The molecule has 6 heteroatoms. The van der Waals surface area contributed by atoms with E-state index < -0.39 is 5.91 Å². The maximum absolute atomic E-state index is 12.3. The van der Waals surface area contributed by atoms with Gasteiger partial charge in [-0.1, -0.05) is 29.8 Å². The third kappa shape index (κ3) is 4.78. The zero-order valence-corrected chi connectivity index (χ0v) is 13.9. The van der Waals surface area contributed by atoms with Gasteiger partial charge in [0, 0.05) is 16.4 Å². The largest absolute Gasteiger partial charge is 0.349 e. The average molecular weight is 344 g/mol. The van der Waals surface area contributed by atoms with Gasteiger partial charge >= 0.3 is 0 Å². The molecule has 2 aromatic carbocycles. The summed E-state index contributed by atoms with van der Waals surface area (Å²) < 4.78 is 0. The Morgan fingerprint density at radius 3 is 2.22 bits per heavy atom. The molecule has 4 nitrogen and oxygen atoms in total. The summed E-state index contributed by atoms with van der Waals surface area (Å²) in [6.45, 7) is 0. The zero-order valence-electron chi connectivity index (χ0n) is 12.3. The van der Waals surface area contributed by atoms with Gasteiger partial charge in [-0.3, -0.25) is 4.79 Å². The van der Waals surface area contributed by atoms with Gasteiger partial charge in [0.1, 0.15) is 11.6 Å². The van der Waals surface area contributed by atoms with Crippen molar-refractivity contribution in [1.82, 2.24) is 0 Å². The van der Waals surface area contributed by atoms with Crippen LogP contribution in [0.2, 0.25) is 5.02 Å². The number of benzene rings is 2. The van der Waals surface area contributed by atoms with Gasteiger partial charge in [0.2, 0.25) is 0 Å². The predicted molar refractivity (Wildman–Crippen MR) is 96.3 cm³/mol. The van der Waals surface area contributed by atoms with Crippen LogP contribution < -0.4 is 10.6 Å². The molecule has 0 unspecified atom stereocenters. The highest BCUT2D eigenvalue weighted by molar-refractivity contribution is 8.02. The Morgan fingerprint density at radius 1 is 1.04 bits per heavy atom. The minimum atomic E-state index is -0.470. The number of nitrogens with zero attached hydrogens (tertiary/aromatic N) is 1. The third-order valence-electron chi connectivity index (χ3n) is 2.90. The van der Waals surface area contributed by atoms with Crippen molar-refractivity contribution in [3.63, 3.8) is 0 Å². The standard InChI is InChI=1S/C17H14ClN3OS/c1-23-17(21-13-5-3-2-4-6-13)15(11-19)16(22)20-14-9-7-12(18)8-10-14/h2-10,21H,1H3,(H,20,22)/b17-15-. The summed E-state index contributed by atoms with van der Waals surface area (Å²) >= 11 is 7.12. The van der Waals surface area contributed by atoms with Gasteiger partial charge in [0.25, 0.3) is 5.91 Å². The Balaban J connectivity index is 2.22. The highest BCUT2D eigenvalue weighted by atomic mass is 35.5. The summed E-state index contributed by atoms with van der Waals surface area (Å²) in [6.07, 6.45) is 1.80. The first kappa shape index (κ1) is 16.9. The van der Waals surface area contributed by atoms with Crippen LogP contribution in [-0.2, 0) is 4.79 Å². The molecule has 0 bridgehead atoms. The third-order valence-corrected chi connectivity index (χ3v) is 3.87. The van der Waals surface area contributed by atoms with Crippen LogP contribution in [0, 0.1) is 11.3 Å². The summed E-state index contributed by atoms with van der Waals surface area (Å²) in [4.78, 5) is 12.3. The summed E-state index contributed by atoms with van der Waals surface area (Å²) in [5.41, 5.74) is 1.41. The minimum Gasteiger partial charge on any atom is -0.349 e. The van der Waals surface area contributed by atoms with Gasteiger partial charge in [-0.2, -0.15) is 5.26 Å². The van der Waals surface area contributed by atoms with E-state index >= 15 is 0 Å². The van der Waals surface area contributed by atoms with Gasteiger partial charge in [-0.25, -0.2) is 0 Å². The summed E-state index contributed by atoms with van der Waals surface area (Å²) in [7, 11) is 0. The predicted octanol–water partition coefficient (Wildman–Crippen LogP) is 4.49. The number of para-hydroxylation sites is 1. The number of rotatable bonds is 5. The first-order valence-electron chi connectivity index (χ1n) is 6.71. The van der Waals surface area contributed by atoms with Crippen LogP contribution in [0.15, 0.2) is 65.2 Å². The number of carbonyl (C=O) groups excluding carboxylic acids is 1. The normalized spacial score (nSPS) is 11.2. The van der Waals surface area contributed by atoms with E-state index in [2.05, 4.69) is 10.6 Å². The van der Waals surface area contributed by atoms with E-state index in [1.807, 2.05) is 36.4 Å². The van der Waals surface area contributed by atoms with E-state index in [1.165, 1.54) is 11.8 Å². The number of hydrogen-bond donors (Lipinski definition) is 2. The van der Waals surface area contributed by atoms with E-state index in [0.29, 0.717) is 15.7 Å². The quantitative estimate of drug-likeness (QED) is 0.620. The van der Waals surface area contributed by atoms with E-state index in [4.69, 9.17) is 11.6 Å². The Morgan fingerprint density at radius 2 is 1.65 bits per heavy atom. The second kappa shape index (κ2) is 8.28. The Hall–Kier alpha value is -2.42. The SMILES string of the molecule is CS/C(Nc1ccccc1)=C(/C#N)C(=O)Nc1ccc(Cl)cc1. The molecular weight excluding hydrogens is 330 g/mol. The zero-order chi connectivity index (χ0) is 16.7. The number of nitrogens with one attached hydrogen (secondary N) is 2. The molecule has 0 atom stereocenters. The molecule has 0 aliphatic heterocycles. The smallest absolute Gasteiger partial charge is 0.269 e. The molecule has 0 aliphatic carbocycles. The van der Waals surface area contributed by atoms with Crippen LogP contribution in [0.25, 0.3) is 0 Å². The van der Waals surface area contributed by atoms with Crippen molar-refractivity contribution in [2.45, 2.75) is 0 Å². The molecule has 1 amide bonds. The van der Waals surface area contributed by atoms with Crippen molar-refractivity contribution in [2.24, 2.45) is 0 Å². The van der Waals surface area contributed by atoms with Crippen molar-refractivity contribution < 1.29 is 4.79 Å². The van der Waals surface area contributed by atoms with Crippen LogP contribution in [-0.4, -0.2) is 12.2 Å². The second-order valence-electron chi connectivity index (χ2n) is 4.47. The summed E-state index contributed by atoms with van der Waals surface area (Å²) in [5, 5.41) is 16.2. The molecule has 116 valence electrons. The van der Waals surface area contributed by atoms with Gasteiger partial charge < -0.3 is 10.6 Å². The fourth-order valence-corrected chi connectivity index (χ4v) is 2.49. The maximum Gasteiger partial charge on any atom is 0.269 e. The highest BCUT2D eigenvalue weighted by Gasteiger charge is 2.15. The van der Waals surface area contributed by atoms with Crippen LogP contribution in [0.4, 0.5) is 11.4 Å². The second-order valence-corrected chi connectivity index (χ2v) is 5.73. The summed E-state index contributed by atoms with van der Waals surface area (Å²) in [5.74, 6) is -0.470. The lowest BCUT2D eigenvalue weighted by molar-refractivity contribution is -0.112. The molecule has 0 aliphatic rings. The number of carbonyl (C=O) groups is 1. The van der Waals surface area contributed by atoms with Crippen molar-refractivity contribution in [3.05, 3.63) is 70.2 Å². The van der Waals surface area contributed by atoms with Gasteiger partial charge in [-0.05, 0) is 42.7 Å². The molecule has 0 saturated heterocycles. The molecule has 2 rings (SSSR count). The van der Waals surface area contributed by atoms with Crippen LogP contribution >= 0.6 is 23.4 Å². The molecule has 0 saturated carbocycles. The lowest BCUT2D eigenvalue weighted by Gasteiger charge is -2.11. The maximum atomic E-state index is 12.3. The topological polar surface area (TPSA) is 64.9 Å². The van der Waals surface area contributed by atoms with Crippen LogP contribution in [0.1, 0.15) is 0 Å². The van der Waals surface area contributed by atoms with Gasteiger partial charge in [0.05, 0.1) is 5.03 Å². The van der Waals surface area contributed by atoms with Crippen molar-refractivity contribution in [3.8, 4) is 6.07 Å². The fraction of sp³-hybridized carbons (Fsp3) is 0.0588. The first-order chi connectivity index (χ1) is 11.1. The molecule has 0 aromatic heterocycles. The van der Waals surface area contributed by atoms with E-state index in [9.17, 15) is 10.1 Å². The lowest BCUT2D eigenvalue weighted by Crippen LogP contribution is -2.16. The molecule has 0 heterocycles. The molecule has 23 heavy (non-hydrogen) atoms. The molecule has 0 spiro atoms. The number of thioether (sulfide) groups is 1. The van der Waals surface area contributed by atoms with Gasteiger partial charge in [0.15, 0.2) is 0 Å². The number of amides is 1. The van der Waals surface area contributed by atoms with Crippen molar-refractivity contribution in [2.75, 3.05) is 16.9 Å². The van der Waals surface area contributed by atoms with E-state index in [1.54, 1.807) is 30.5 Å². The molecule has 0 radical (unpaired) electrons. The lowest BCUT2D eigenvalue weighted by atomic mass is 10.2. The molecule has 0 fully saturated rings. The molecule has 2 aromatic rings. The van der Waals surface area contributed by atoms with Crippen LogP contribution in [0.3, 0.4) is 0 Å². The van der Waals surface area contributed by atoms with Crippen molar-refractivity contribution >= 4 is 40.6 Å². The number of nitriles is 1. The summed E-state index contributed by atoms with van der Waals surface area (Å²) in [6, 6.07) is 18.0. The van der Waals surface area contributed by atoms with Gasteiger partial charge in [-0.15, -0.1) is 11.8 Å². The van der Waals surface area contributed by atoms with Crippen LogP contribution in [0.5, 0.6) is 0 Å². The molecule has 2 N–H and O–H groups in total. The fourth-order valence-electron chi connectivity index (χ4n) is 1.80. The van der Waals surface area contributed by atoms with Crippen molar-refractivity contribution in [1.29, 1.82) is 5.26 Å². The van der Waals surface area contributed by atoms with E-state index in [0.717, 1.165) is 5.69 Å². The van der Waals surface area contributed by atoms with E-state index in [-0.39, 0.29) is 5.57 Å². The average Bonchev–Trinajstić information content (AvgIpc) is 2.57. The monoisotopic (exact) mass is 343 g/mol. The number of anilines is 2. The Labute approximate surface area is 144 Å². The highest BCUT2D eigenvalue weighted by Crippen LogP contribution is 2.22. The Kier molecular flexibility index (Phi) is 6.10. The minimum absolute atomic E-state index is 0.0244. The number of hydrogen-bond acceptors (Lipinski definition) is 4. The number of halogens is 1. The molecular formula is C17H14ClN3OS. The first-order valence-corrected chi connectivity index (χ1v) is 8.31. The Bertz CT molecular complexity index is 752.